The van der Waals surface area contributed by atoms with Crippen molar-refractivity contribution in [1.29, 1.82) is 0 Å². The number of hydrogen-bond donors (Lipinski definition) is 3. The highest BCUT2D eigenvalue weighted by molar-refractivity contribution is 7.14. The number of hydrogen-bond acceptors (Lipinski definition) is 5. The minimum Gasteiger partial charge on any atom is -0.480 e. The number of aromatic nitrogens is 1. The smallest absolute Gasteiger partial charge is 0.326 e. The van der Waals surface area contributed by atoms with Gasteiger partial charge >= 0.3 is 5.97 Å². The van der Waals surface area contributed by atoms with Gasteiger partial charge in [0.1, 0.15) is 11.7 Å². The Labute approximate surface area is 133 Å². The number of carboxylic acids is 1. The van der Waals surface area contributed by atoms with Gasteiger partial charge in [-0.25, -0.2) is 9.78 Å². The number of amides is 2. The number of anilines is 1. The molecule has 2 amide bonds. The van der Waals surface area contributed by atoms with Crippen LogP contribution in [-0.4, -0.2) is 33.9 Å². The molecule has 1 aromatic rings. The minimum atomic E-state index is -1.06. The summed E-state index contributed by atoms with van der Waals surface area (Å²) in [6, 6.07) is -0.928. The first-order valence-electron chi connectivity index (χ1n) is 7.15. The van der Waals surface area contributed by atoms with Crippen LogP contribution in [0, 0.1) is 5.92 Å². The van der Waals surface area contributed by atoms with Gasteiger partial charge in [-0.3, -0.25) is 9.59 Å². The van der Waals surface area contributed by atoms with Crippen LogP contribution in [0.2, 0.25) is 0 Å². The van der Waals surface area contributed by atoms with Crippen LogP contribution in [0.15, 0.2) is 5.38 Å². The standard InChI is InChI=1S/C14H21N3O4S/c1-4-5-6-9(13(20)21)15-12(19)10-7-22-14(16-10)17-11(18)8(2)3/h7-9H,4-6H2,1-3H3,(H,15,19)(H,20,21)(H,16,17,18). The first-order chi connectivity index (χ1) is 10.3. The molecule has 0 saturated heterocycles. The molecule has 1 heterocycles. The van der Waals surface area contributed by atoms with Crippen molar-refractivity contribution in [3.63, 3.8) is 0 Å². The van der Waals surface area contributed by atoms with E-state index < -0.39 is 17.9 Å². The predicted octanol–water partition coefficient (Wildman–Crippen LogP) is 2.11. The molecule has 1 aromatic heterocycles. The summed E-state index contributed by atoms with van der Waals surface area (Å²) >= 11 is 1.13. The number of carboxylic acid groups (broad SMARTS) is 1. The third-order valence-electron chi connectivity index (χ3n) is 2.94. The molecule has 0 fully saturated rings. The maximum absolute atomic E-state index is 12.0. The van der Waals surface area contributed by atoms with Crippen LogP contribution in [0.25, 0.3) is 0 Å². The van der Waals surface area contributed by atoms with Gasteiger partial charge in [0.25, 0.3) is 5.91 Å². The summed E-state index contributed by atoms with van der Waals surface area (Å²) in [5.74, 6) is -1.99. The van der Waals surface area contributed by atoms with Crippen molar-refractivity contribution >= 4 is 34.3 Å². The summed E-state index contributed by atoms with van der Waals surface area (Å²) in [7, 11) is 0. The van der Waals surface area contributed by atoms with Crippen LogP contribution < -0.4 is 10.6 Å². The van der Waals surface area contributed by atoms with Crippen LogP contribution >= 0.6 is 11.3 Å². The van der Waals surface area contributed by atoms with E-state index in [0.29, 0.717) is 18.0 Å². The molecule has 0 spiro atoms. The van der Waals surface area contributed by atoms with E-state index in [-0.39, 0.29) is 17.5 Å². The third kappa shape index (κ3) is 5.44. The van der Waals surface area contributed by atoms with Gasteiger partial charge < -0.3 is 15.7 Å². The van der Waals surface area contributed by atoms with Gasteiger partial charge in [0.15, 0.2) is 5.13 Å². The van der Waals surface area contributed by atoms with Gasteiger partial charge in [0.05, 0.1) is 0 Å². The molecule has 0 aromatic carbocycles. The fraction of sp³-hybridized carbons (Fsp3) is 0.571. The second-order valence-corrected chi connectivity index (χ2v) is 6.05. The topological polar surface area (TPSA) is 108 Å². The molecule has 22 heavy (non-hydrogen) atoms. The van der Waals surface area contributed by atoms with Crippen LogP contribution in [0.4, 0.5) is 5.13 Å². The number of carbonyl (C=O) groups is 3. The third-order valence-corrected chi connectivity index (χ3v) is 3.70. The predicted molar refractivity (Wildman–Crippen MR) is 84.0 cm³/mol. The highest BCUT2D eigenvalue weighted by Gasteiger charge is 2.21. The highest BCUT2D eigenvalue weighted by Crippen LogP contribution is 2.16. The van der Waals surface area contributed by atoms with Crippen molar-refractivity contribution in [2.75, 3.05) is 5.32 Å². The first-order valence-corrected chi connectivity index (χ1v) is 8.03. The van der Waals surface area contributed by atoms with E-state index in [4.69, 9.17) is 5.11 Å². The number of aliphatic carboxylic acids is 1. The molecule has 1 atom stereocenters. The van der Waals surface area contributed by atoms with Crippen molar-refractivity contribution < 1.29 is 19.5 Å². The molecule has 7 nitrogen and oxygen atoms in total. The average Bonchev–Trinajstić information content (AvgIpc) is 2.91. The van der Waals surface area contributed by atoms with Gasteiger partial charge in [0, 0.05) is 11.3 Å². The first kappa shape index (κ1) is 18.1. The Morgan fingerprint density at radius 2 is 2.05 bits per heavy atom. The van der Waals surface area contributed by atoms with E-state index in [2.05, 4.69) is 15.6 Å². The second-order valence-electron chi connectivity index (χ2n) is 5.19. The maximum Gasteiger partial charge on any atom is 0.326 e. The van der Waals surface area contributed by atoms with Crippen molar-refractivity contribution in [1.82, 2.24) is 10.3 Å². The lowest BCUT2D eigenvalue weighted by molar-refractivity contribution is -0.139. The normalized spacial score (nSPS) is 12.0. The summed E-state index contributed by atoms with van der Waals surface area (Å²) < 4.78 is 0. The lowest BCUT2D eigenvalue weighted by atomic mass is 10.1. The lowest BCUT2D eigenvalue weighted by Gasteiger charge is -2.12. The average molecular weight is 327 g/mol. The Hall–Kier alpha value is -1.96. The fourth-order valence-corrected chi connectivity index (χ4v) is 2.28. The molecule has 0 saturated carbocycles. The van der Waals surface area contributed by atoms with E-state index in [9.17, 15) is 14.4 Å². The Morgan fingerprint density at radius 1 is 1.36 bits per heavy atom. The van der Waals surface area contributed by atoms with E-state index in [1.54, 1.807) is 13.8 Å². The number of carbonyl (C=O) groups excluding carboxylic acids is 2. The number of nitrogens with one attached hydrogen (secondary N) is 2. The summed E-state index contributed by atoms with van der Waals surface area (Å²) in [6.07, 6.45) is 1.93. The van der Waals surface area contributed by atoms with Crippen LogP contribution in [0.1, 0.15) is 50.5 Å². The van der Waals surface area contributed by atoms with Gasteiger partial charge in [-0.2, -0.15) is 0 Å². The molecule has 122 valence electrons. The van der Waals surface area contributed by atoms with Crippen molar-refractivity contribution in [3.05, 3.63) is 11.1 Å². The lowest BCUT2D eigenvalue weighted by Crippen LogP contribution is -2.40. The molecule has 0 aliphatic rings. The molecule has 8 heteroatoms. The van der Waals surface area contributed by atoms with E-state index in [1.165, 1.54) is 5.38 Å². The maximum atomic E-state index is 12.0. The van der Waals surface area contributed by atoms with E-state index >= 15 is 0 Å². The Bertz CT molecular complexity index is 542. The number of unbranched alkanes of at least 4 members (excludes halogenated alkanes) is 1. The zero-order valence-corrected chi connectivity index (χ0v) is 13.7. The van der Waals surface area contributed by atoms with Crippen LogP contribution in [0.5, 0.6) is 0 Å². The zero-order valence-electron chi connectivity index (χ0n) is 12.9. The molecule has 1 rings (SSSR count). The van der Waals surface area contributed by atoms with Crippen molar-refractivity contribution in [3.8, 4) is 0 Å². The van der Waals surface area contributed by atoms with Gasteiger partial charge in [0.2, 0.25) is 5.91 Å². The Morgan fingerprint density at radius 3 is 2.59 bits per heavy atom. The minimum absolute atomic E-state index is 0.104. The summed E-state index contributed by atoms with van der Waals surface area (Å²) in [6.45, 7) is 5.45. The number of rotatable bonds is 8. The molecule has 0 aliphatic carbocycles. The Balaban J connectivity index is 2.67. The second kappa shape index (κ2) is 8.47. The monoisotopic (exact) mass is 327 g/mol. The largest absolute Gasteiger partial charge is 0.480 e. The fourth-order valence-electron chi connectivity index (χ4n) is 1.58. The van der Waals surface area contributed by atoms with Gasteiger partial charge in [-0.1, -0.05) is 33.6 Å². The van der Waals surface area contributed by atoms with Gasteiger partial charge in [-0.15, -0.1) is 11.3 Å². The quantitative estimate of drug-likeness (QED) is 0.677. The molecular formula is C14H21N3O4S. The van der Waals surface area contributed by atoms with Gasteiger partial charge in [-0.05, 0) is 6.42 Å². The molecule has 0 radical (unpaired) electrons. The molecule has 0 aliphatic heterocycles. The summed E-state index contributed by atoms with van der Waals surface area (Å²) in [5, 5.41) is 16.0. The molecular weight excluding hydrogens is 306 g/mol. The zero-order chi connectivity index (χ0) is 16.7. The molecule has 0 bridgehead atoms. The summed E-state index contributed by atoms with van der Waals surface area (Å²) in [5.41, 5.74) is 0.104. The number of thiazole rings is 1. The molecule has 3 N–H and O–H groups in total. The SMILES string of the molecule is CCCCC(NC(=O)c1csc(NC(=O)C(C)C)n1)C(=O)O. The van der Waals surface area contributed by atoms with Crippen molar-refractivity contribution in [2.45, 2.75) is 46.1 Å². The van der Waals surface area contributed by atoms with E-state index in [0.717, 1.165) is 17.8 Å². The van der Waals surface area contributed by atoms with Crippen LogP contribution in [0.3, 0.4) is 0 Å². The highest BCUT2D eigenvalue weighted by atomic mass is 32.1. The van der Waals surface area contributed by atoms with Crippen molar-refractivity contribution in [2.24, 2.45) is 5.92 Å². The Kier molecular flexibility index (Phi) is 6.97. The molecule has 1 unspecified atom stereocenters. The van der Waals surface area contributed by atoms with E-state index in [1.807, 2.05) is 6.92 Å². The van der Waals surface area contributed by atoms with Crippen LogP contribution in [-0.2, 0) is 9.59 Å². The summed E-state index contributed by atoms with van der Waals surface area (Å²) in [4.78, 5) is 38.7. The number of nitrogens with zero attached hydrogens (tertiary/aromatic N) is 1.